The third-order valence-electron chi connectivity index (χ3n) is 6.42. The van der Waals surface area contributed by atoms with E-state index in [1.165, 1.54) is 0 Å². The predicted octanol–water partition coefficient (Wildman–Crippen LogP) is 6.03. The number of rotatable bonds is 5. The minimum Gasteiger partial charge on any atom is -0.506 e. The summed E-state index contributed by atoms with van der Waals surface area (Å²) in [5, 5.41) is 15.3. The fraction of sp³-hybridized carbons (Fsp3) is 0.185. The minimum absolute atomic E-state index is 0.163. The van der Waals surface area contributed by atoms with Crippen LogP contribution in [0.3, 0.4) is 0 Å². The largest absolute Gasteiger partial charge is 0.506 e. The number of ether oxygens (including phenoxy) is 1. The molecular weight excluding hydrogens is 480 g/mol. The molecule has 0 spiro atoms. The van der Waals surface area contributed by atoms with E-state index in [1.807, 2.05) is 60.9 Å². The van der Waals surface area contributed by atoms with E-state index in [2.05, 4.69) is 21.3 Å². The molecular formula is C27H25ClN4O2S. The molecule has 2 N–H and O–H groups in total. The van der Waals surface area contributed by atoms with Crippen LogP contribution in [0.4, 0.5) is 5.69 Å². The molecule has 0 unspecified atom stereocenters. The predicted molar refractivity (Wildman–Crippen MR) is 143 cm³/mol. The molecule has 4 aromatic rings. The van der Waals surface area contributed by atoms with Crippen LogP contribution in [-0.4, -0.2) is 26.9 Å². The summed E-state index contributed by atoms with van der Waals surface area (Å²) in [7, 11) is 1.65. The van der Waals surface area contributed by atoms with Crippen molar-refractivity contribution in [2.24, 2.45) is 0 Å². The number of aryl methyl sites for hydroxylation is 1. The van der Waals surface area contributed by atoms with Crippen molar-refractivity contribution in [2.75, 3.05) is 12.0 Å². The van der Waals surface area contributed by atoms with Crippen molar-refractivity contribution < 1.29 is 9.84 Å². The first kappa shape index (κ1) is 23.2. The van der Waals surface area contributed by atoms with Gasteiger partial charge in [0.25, 0.3) is 0 Å². The van der Waals surface area contributed by atoms with Crippen molar-refractivity contribution in [2.45, 2.75) is 25.9 Å². The van der Waals surface area contributed by atoms with Crippen LogP contribution in [0.5, 0.6) is 11.5 Å². The van der Waals surface area contributed by atoms with Crippen molar-refractivity contribution in [1.82, 2.24) is 14.9 Å². The Morgan fingerprint density at radius 2 is 1.83 bits per heavy atom. The fourth-order valence-corrected chi connectivity index (χ4v) is 5.34. The van der Waals surface area contributed by atoms with Crippen molar-refractivity contribution in [3.63, 3.8) is 0 Å². The van der Waals surface area contributed by atoms with E-state index in [-0.39, 0.29) is 17.8 Å². The molecule has 1 fully saturated rings. The number of aromatic hydroxyl groups is 1. The Labute approximate surface area is 214 Å². The standard InChI is InChI=1S/C27H25ClN4O2S/c1-16-14-21(17(2)31(16)23-15-18(28)7-12-24(23)33)26-25(22-6-4-5-13-29-22)30-27(35)32(26)19-8-10-20(34-3)11-9-19/h4-15,25-26,33H,1-3H3,(H,30,35)/t25-,26+/m1/s1. The number of thiocarbonyl (C=S) groups is 1. The SMILES string of the molecule is COc1ccc(N2C(=S)N[C@H](c3ccccn3)[C@@H]2c2cc(C)n(-c3cc(Cl)ccc3O)c2C)cc1. The lowest BCUT2D eigenvalue weighted by molar-refractivity contribution is 0.415. The van der Waals surface area contributed by atoms with Gasteiger partial charge in [-0.15, -0.1) is 0 Å². The highest BCUT2D eigenvalue weighted by molar-refractivity contribution is 7.80. The number of pyridine rings is 1. The van der Waals surface area contributed by atoms with E-state index in [9.17, 15) is 5.11 Å². The van der Waals surface area contributed by atoms with Gasteiger partial charge in [0.1, 0.15) is 11.5 Å². The summed E-state index contributed by atoms with van der Waals surface area (Å²) in [5.74, 6) is 0.940. The average Bonchev–Trinajstić information content (AvgIpc) is 3.36. The van der Waals surface area contributed by atoms with Crippen molar-refractivity contribution >= 4 is 34.6 Å². The van der Waals surface area contributed by atoms with E-state index >= 15 is 0 Å². The molecule has 8 heteroatoms. The first-order valence-corrected chi connectivity index (χ1v) is 12.0. The van der Waals surface area contributed by atoms with Gasteiger partial charge in [-0.3, -0.25) is 4.98 Å². The molecule has 0 bridgehead atoms. The average molecular weight is 505 g/mol. The van der Waals surface area contributed by atoms with E-state index in [1.54, 1.807) is 31.5 Å². The van der Waals surface area contributed by atoms with Crippen molar-refractivity contribution in [3.8, 4) is 17.2 Å². The zero-order chi connectivity index (χ0) is 24.7. The Morgan fingerprint density at radius 1 is 1.06 bits per heavy atom. The number of aromatic nitrogens is 2. The number of benzene rings is 2. The van der Waals surface area contributed by atoms with Gasteiger partial charge >= 0.3 is 0 Å². The van der Waals surface area contributed by atoms with Gasteiger partial charge < -0.3 is 24.6 Å². The number of phenols is 1. The molecule has 1 aliphatic rings. The van der Waals surface area contributed by atoms with Crippen molar-refractivity contribution in [1.29, 1.82) is 0 Å². The smallest absolute Gasteiger partial charge is 0.174 e. The highest BCUT2D eigenvalue weighted by Crippen LogP contribution is 2.44. The number of nitrogens with zero attached hydrogens (tertiary/aromatic N) is 3. The van der Waals surface area contributed by atoms with Gasteiger partial charge in [-0.05, 0) is 92.3 Å². The Kier molecular flexibility index (Phi) is 6.13. The molecule has 1 aliphatic heterocycles. The van der Waals surface area contributed by atoms with Crippen LogP contribution in [0.2, 0.25) is 5.02 Å². The maximum Gasteiger partial charge on any atom is 0.174 e. The van der Waals surface area contributed by atoms with E-state index in [0.29, 0.717) is 15.8 Å². The molecule has 2 aromatic carbocycles. The third-order valence-corrected chi connectivity index (χ3v) is 6.97. The van der Waals surface area contributed by atoms with Crippen LogP contribution in [0.25, 0.3) is 5.69 Å². The minimum atomic E-state index is -0.174. The second-order valence-corrected chi connectivity index (χ2v) is 9.31. The molecule has 3 heterocycles. The second kappa shape index (κ2) is 9.24. The monoisotopic (exact) mass is 504 g/mol. The number of phenolic OH excluding ortho intramolecular Hbond substituents is 1. The quantitative estimate of drug-likeness (QED) is 0.323. The molecule has 1 saturated heterocycles. The first-order valence-electron chi connectivity index (χ1n) is 11.2. The van der Waals surface area contributed by atoms with Gasteiger partial charge in [0.05, 0.1) is 30.6 Å². The Bertz CT molecular complexity index is 1390. The van der Waals surface area contributed by atoms with Crippen LogP contribution in [-0.2, 0) is 0 Å². The van der Waals surface area contributed by atoms with Gasteiger partial charge in [-0.1, -0.05) is 17.7 Å². The van der Waals surface area contributed by atoms with E-state index in [0.717, 1.165) is 34.1 Å². The van der Waals surface area contributed by atoms with E-state index < -0.39 is 0 Å². The van der Waals surface area contributed by atoms with Gasteiger partial charge in [0.15, 0.2) is 5.11 Å². The van der Waals surface area contributed by atoms with Gasteiger partial charge in [-0.25, -0.2) is 0 Å². The summed E-state index contributed by atoms with van der Waals surface area (Å²) in [6.07, 6.45) is 1.79. The molecule has 2 atom stereocenters. The summed E-state index contributed by atoms with van der Waals surface area (Å²) in [6, 6.07) is 20.6. The van der Waals surface area contributed by atoms with Crippen LogP contribution < -0.4 is 15.0 Å². The number of nitrogens with one attached hydrogen (secondary N) is 1. The number of methoxy groups -OCH3 is 1. The molecule has 178 valence electrons. The van der Waals surface area contributed by atoms with Crippen LogP contribution in [0.15, 0.2) is 72.9 Å². The first-order chi connectivity index (χ1) is 16.9. The maximum absolute atomic E-state index is 10.6. The Balaban J connectivity index is 1.68. The number of hydrogen-bond acceptors (Lipinski definition) is 4. The summed E-state index contributed by atoms with van der Waals surface area (Å²) in [6.45, 7) is 4.07. The van der Waals surface area contributed by atoms with Crippen molar-refractivity contribution in [3.05, 3.63) is 101 Å². The number of hydrogen-bond donors (Lipinski definition) is 2. The summed E-state index contributed by atoms with van der Waals surface area (Å²) >= 11 is 12.1. The normalized spacial score (nSPS) is 17.5. The summed E-state index contributed by atoms with van der Waals surface area (Å²) in [5.41, 5.74) is 5.50. The lowest BCUT2D eigenvalue weighted by atomic mass is 9.96. The topological polar surface area (TPSA) is 62.5 Å². The molecule has 5 rings (SSSR count). The van der Waals surface area contributed by atoms with Gasteiger partial charge in [0.2, 0.25) is 0 Å². The van der Waals surface area contributed by atoms with Gasteiger partial charge in [0, 0.05) is 28.3 Å². The Hall–Kier alpha value is -3.55. The van der Waals surface area contributed by atoms with Gasteiger partial charge in [-0.2, -0.15) is 0 Å². The highest BCUT2D eigenvalue weighted by Gasteiger charge is 2.42. The molecule has 35 heavy (non-hydrogen) atoms. The second-order valence-electron chi connectivity index (χ2n) is 8.49. The maximum atomic E-state index is 10.6. The number of anilines is 1. The highest BCUT2D eigenvalue weighted by atomic mass is 35.5. The lowest BCUT2D eigenvalue weighted by Gasteiger charge is -2.28. The summed E-state index contributed by atoms with van der Waals surface area (Å²) < 4.78 is 7.38. The zero-order valence-corrected chi connectivity index (χ0v) is 21.1. The number of halogens is 1. The lowest BCUT2D eigenvalue weighted by Crippen LogP contribution is -2.29. The third kappa shape index (κ3) is 4.11. The molecule has 0 aliphatic carbocycles. The molecule has 0 radical (unpaired) electrons. The molecule has 0 saturated carbocycles. The van der Waals surface area contributed by atoms with Crippen LogP contribution in [0, 0.1) is 13.8 Å². The molecule has 6 nitrogen and oxygen atoms in total. The fourth-order valence-electron chi connectivity index (χ4n) is 4.83. The Morgan fingerprint density at radius 3 is 2.51 bits per heavy atom. The van der Waals surface area contributed by atoms with Crippen LogP contribution >= 0.6 is 23.8 Å². The molecule has 2 aromatic heterocycles. The molecule has 0 amide bonds. The zero-order valence-electron chi connectivity index (χ0n) is 19.6. The summed E-state index contributed by atoms with van der Waals surface area (Å²) in [4.78, 5) is 6.76. The van der Waals surface area contributed by atoms with E-state index in [4.69, 9.17) is 28.6 Å². The van der Waals surface area contributed by atoms with Crippen LogP contribution in [0.1, 0.15) is 34.7 Å².